The fourth-order valence-corrected chi connectivity index (χ4v) is 2.83. The molecule has 0 spiro atoms. The second-order valence-corrected chi connectivity index (χ2v) is 5.88. The van der Waals surface area contributed by atoms with Crippen molar-refractivity contribution in [3.05, 3.63) is 35.4 Å². The molecule has 2 nitrogen and oxygen atoms in total. The molecule has 0 heterocycles. The first-order valence-corrected chi connectivity index (χ1v) is 7.57. The Hall–Kier alpha value is -0.980. The van der Waals surface area contributed by atoms with E-state index in [9.17, 15) is 0 Å². The van der Waals surface area contributed by atoms with E-state index in [0.717, 1.165) is 17.9 Å². The fraction of sp³-hybridized carbons (Fsp3) is 0.533. The quantitative estimate of drug-likeness (QED) is 0.764. The van der Waals surface area contributed by atoms with Crippen molar-refractivity contribution in [2.75, 3.05) is 5.75 Å². The topological polar surface area (TPSA) is 35.8 Å². The minimum Gasteiger partial charge on any atom is -0.300 e. The Bertz CT molecular complexity index is 396. The van der Waals surface area contributed by atoms with Crippen molar-refractivity contribution in [1.29, 1.82) is 5.26 Å². The molecule has 0 saturated carbocycles. The summed E-state index contributed by atoms with van der Waals surface area (Å²) >= 11 is 1.90. The number of rotatable bonds is 7. The summed E-state index contributed by atoms with van der Waals surface area (Å²) in [6.07, 6.45) is 0.908. The molecule has 0 fully saturated rings. The van der Waals surface area contributed by atoms with Crippen molar-refractivity contribution in [1.82, 2.24) is 5.32 Å². The van der Waals surface area contributed by atoms with E-state index in [-0.39, 0.29) is 6.04 Å². The van der Waals surface area contributed by atoms with E-state index in [4.69, 9.17) is 5.26 Å². The van der Waals surface area contributed by atoms with Gasteiger partial charge in [0, 0.05) is 11.8 Å². The van der Waals surface area contributed by atoms with Crippen molar-refractivity contribution in [3.63, 3.8) is 0 Å². The Morgan fingerprint density at radius 2 is 2.06 bits per heavy atom. The van der Waals surface area contributed by atoms with Gasteiger partial charge in [-0.15, -0.1) is 0 Å². The average molecular weight is 262 g/mol. The van der Waals surface area contributed by atoms with Gasteiger partial charge in [0.1, 0.15) is 0 Å². The second kappa shape index (κ2) is 8.18. The normalized spacial score (nSPS) is 12.4. The first-order valence-electron chi connectivity index (χ1n) is 6.41. The fourth-order valence-electron chi connectivity index (χ4n) is 1.74. The van der Waals surface area contributed by atoms with Gasteiger partial charge in [-0.05, 0) is 44.1 Å². The standard InChI is InChI=1S/C15H22N2S/c1-12(2)17-15(10-16)8-9-18-11-14-7-5-4-6-13(14)3/h4-7,12,15,17H,8-9,11H2,1-3H3. The van der Waals surface area contributed by atoms with Gasteiger partial charge in [-0.2, -0.15) is 17.0 Å². The number of hydrogen-bond donors (Lipinski definition) is 1. The highest BCUT2D eigenvalue weighted by Crippen LogP contribution is 2.17. The molecule has 1 aromatic rings. The van der Waals surface area contributed by atoms with E-state index in [1.54, 1.807) is 0 Å². The molecule has 1 atom stereocenters. The van der Waals surface area contributed by atoms with E-state index < -0.39 is 0 Å². The zero-order chi connectivity index (χ0) is 13.4. The van der Waals surface area contributed by atoms with Crippen LogP contribution in [0.3, 0.4) is 0 Å². The van der Waals surface area contributed by atoms with Gasteiger partial charge in [0.05, 0.1) is 12.1 Å². The SMILES string of the molecule is Cc1ccccc1CSCCC(C#N)NC(C)C. The number of hydrogen-bond acceptors (Lipinski definition) is 3. The molecule has 1 N–H and O–H groups in total. The molecule has 0 saturated heterocycles. The predicted octanol–water partition coefficient (Wildman–Crippen LogP) is 3.51. The van der Waals surface area contributed by atoms with E-state index in [2.05, 4.69) is 56.4 Å². The van der Waals surface area contributed by atoms with Crippen LogP contribution in [0, 0.1) is 18.3 Å². The molecule has 0 aliphatic carbocycles. The van der Waals surface area contributed by atoms with Gasteiger partial charge in [0.25, 0.3) is 0 Å². The summed E-state index contributed by atoms with van der Waals surface area (Å²) in [5, 5.41) is 12.3. The maximum Gasteiger partial charge on any atom is 0.0962 e. The molecular formula is C15H22N2S. The van der Waals surface area contributed by atoms with Crippen LogP contribution in [-0.4, -0.2) is 17.8 Å². The number of benzene rings is 1. The molecule has 1 rings (SSSR count). The van der Waals surface area contributed by atoms with Gasteiger partial charge < -0.3 is 0 Å². The third-order valence-electron chi connectivity index (χ3n) is 2.76. The van der Waals surface area contributed by atoms with Crippen LogP contribution in [0.2, 0.25) is 0 Å². The van der Waals surface area contributed by atoms with Crippen LogP contribution in [0.15, 0.2) is 24.3 Å². The molecule has 1 aromatic carbocycles. The van der Waals surface area contributed by atoms with Crippen molar-refractivity contribution in [2.45, 2.75) is 45.0 Å². The summed E-state index contributed by atoms with van der Waals surface area (Å²) in [7, 11) is 0. The first kappa shape index (κ1) is 15.1. The Morgan fingerprint density at radius 1 is 1.33 bits per heavy atom. The maximum absolute atomic E-state index is 9.01. The van der Waals surface area contributed by atoms with Gasteiger partial charge in [0.2, 0.25) is 0 Å². The second-order valence-electron chi connectivity index (χ2n) is 4.77. The zero-order valence-corrected chi connectivity index (χ0v) is 12.3. The van der Waals surface area contributed by atoms with Crippen LogP contribution in [0.4, 0.5) is 0 Å². The summed E-state index contributed by atoms with van der Waals surface area (Å²) < 4.78 is 0. The molecule has 0 radical (unpaired) electrons. The molecule has 98 valence electrons. The lowest BCUT2D eigenvalue weighted by Crippen LogP contribution is -2.33. The molecule has 0 aliphatic heterocycles. The lowest BCUT2D eigenvalue weighted by atomic mass is 10.1. The van der Waals surface area contributed by atoms with Gasteiger partial charge in [0.15, 0.2) is 0 Å². The molecule has 3 heteroatoms. The molecular weight excluding hydrogens is 240 g/mol. The highest BCUT2D eigenvalue weighted by molar-refractivity contribution is 7.98. The van der Waals surface area contributed by atoms with Gasteiger partial charge >= 0.3 is 0 Å². The summed E-state index contributed by atoms with van der Waals surface area (Å²) in [4.78, 5) is 0. The van der Waals surface area contributed by atoms with Crippen LogP contribution in [0.5, 0.6) is 0 Å². The van der Waals surface area contributed by atoms with E-state index in [1.165, 1.54) is 11.1 Å². The van der Waals surface area contributed by atoms with Gasteiger partial charge in [-0.3, -0.25) is 5.32 Å². The van der Waals surface area contributed by atoms with Crippen molar-refractivity contribution >= 4 is 11.8 Å². The molecule has 0 aromatic heterocycles. The Balaban J connectivity index is 2.26. The maximum atomic E-state index is 9.01. The Kier molecular flexibility index (Phi) is 6.85. The van der Waals surface area contributed by atoms with Crippen molar-refractivity contribution < 1.29 is 0 Å². The number of aryl methyl sites for hydroxylation is 1. The largest absolute Gasteiger partial charge is 0.300 e. The van der Waals surface area contributed by atoms with Crippen LogP contribution < -0.4 is 5.32 Å². The molecule has 1 unspecified atom stereocenters. The molecule has 18 heavy (non-hydrogen) atoms. The minimum atomic E-state index is -0.0191. The van der Waals surface area contributed by atoms with E-state index in [0.29, 0.717) is 6.04 Å². The van der Waals surface area contributed by atoms with Crippen LogP contribution in [-0.2, 0) is 5.75 Å². The summed E-state index contributed by atoms with van der Waals surface area (Å²) in [6.45, 7) is 6.30. The van der Waals surface area contributed by atoms with Crippen LogP contribution in [0.1, 0.15) is 31.4 Å². The lowest BCUT2D eigenvalue weighted by molar-refractivity contribution is 0.522. The van der Waals surface area contributed by atoms with Crippen LogP contribution in [0.25, 0.3) is 0 Å². The number of thioether (sulfide) groups is 1. The van der Waals surface area contributed by atoms with Crippen molar-refractivity contribution in [2.24, 2.45) is 0 Å². The summed E-state index contributed by atoms with van der Waals surface area (Å²) in [5.41, 5.74) is 2.75. The average Bonchev–Trinajstić information content (AvgIpc) is 2.34. The number of nitriles is 1. The highest BCUT2D eigenvalue weighted by Gasteiger charge is 2.08. The van der Waals surface area contributed by atoms with E-state index in [1.807, 2.05) is 11.8 Å². The van der Waals surface area contributed by atoms with E-state index >= 15 is 0 Å². The van der Waals surface area contributed by atoms with Gasteiger partial charge in [-0.1, -0.05) is 24.3 Å². The summed E-state index contributed by atoms with van der Waals surface area (Å²) in [5.74, 6) is 2.05. The van der Waals surface area contributed by atoms with Crippen molar-refractivity contribution in [3.8, 4) is 6.07 Å². The smallest absolute Gasteiger partial charge is 0.0962 e. The third-order valence-corrected chi connectivity index (χ3v) is 3.80. The summed E-state index contributed by atoms with van der Waals surface area (Å²) in [6, 6.07) is 11.2. The highest BCUT2D eigenvalue weighted by atomic mass is 32.2. The number of nitrogens with one attached hydrogen (secondary N) is 1. The lowest BCUT2D eigenvalue weighted by Gasteiger charge is -2.14. The monoisotopic (exact) mass is 262 g/mol. The molecule has 0 aliphatic rings. The van der Waals surface area contributed by atoms with Gasteiger partial charge in [-0.25, -0.2) is 0 Å². The third kappa shape index (κ3) is 5.57. The predicted molar refractivity (Wildman–Crippen MR) is 79.6 cm³/mol. The first-order chi connectivity index (χ1) is 8.63. The number of nitrogens with zero attached hydrogens (tertiary/aromatic N) is 1. The minimum absolute atomic E-state index is 0.0191. The molecule has 0 amide bonds. The Labute approximate surface area is 115 Å². The Morgan fingerprint density at radius 3 is 2.67 bits per heavy atom. The van der Waals surface area contributed by atoms with Crippen LogP contribution >= 0.6 is 11.8 Å². The zero-order valence-electron chi connectivity index (χ0n) is 11.4. The molecule has 0 bridgehead atoms.